The van der Waals surface area contributed by atoms with Crippen molar-refractivity contribution in [2.24, 2.45) is 0 Å². The number of aryl methyl sites for hydroxylation is 1. The number of amides is 1. The van der Waals surface area contributed by atoms with E-state index in [0.717, 1.165) is 31.4 Å². The van der Waals surface area contributed by atoms with Crippen molar-refractivity contribution in [2.45, 2.75) is 26.3 Å². The minimum atomic E-state index is -0.262. The van der Waals surface area contributed by atoms with Crippen molar-refractivity contribution in [3.63, 3.8) is 0 Å². The Morgan fingerprint density at radius 2 is 1.95 bits per heavy atom. The van der Waals surface area contributed by atoms with Gasteiger partial charge in [-0.15, -0.1) is 0 Å². The van der Waals surface area contributed by atoms with Crippen molar-refractivity contribution in [3.8, 4) is 0 Å². The standard InChI is InChI=1S/C15H17N3O2/c1-2-18-12-8-4-3-7-11(12)14(19)13(16-18)15(20)17-9-5-6-10-17/h3-4,7-8H,2,5-6,9-10H2,1H3. The second-order valence-corrected chi connectivity index (χ2v) is 5.01. The van der Waals surface area contributed by atoms with Crippen LogP contribution in [0.3, 0.4) is 0 Å². The lowest BCUT2D eigenvalue weighted by Crippen LogP contribution is -2.34. The van der Waals surface area contributed by atoms with Gasteiger partial charge < -0.3 is 4.90 Å². The molecule has 104 valence electrons. The van der Waals surface area contributed by atoms with E-state index in [9.17, 15) is 9.59 Å². The van der Waals surface area contributed by atoms with Gasteiger partial charge in [-0.05, 0) is 31.9 Å². The molecule has 5 heteroatoms. The van der Waals surface area contributed by atoms with Gasteiger partial charge in [0.05, 0.1) is 5.52 Å². The second kappa shape index (κ2) is 5.07. The van der Waals surface area contributed by atoms with Crippen molar-refractivity contribution in [1.82, 2.24) is 14.7 Å². The van der Waals surface area contributed by atoms with Crippen molar-refractivity contribution >= 4 is 16.8 Å². The number of hydrogen-bond donors (Lipinski definition) is 0. The van der Waals surface area contributed by atoms with Crippen molar-refractivity contribution in [3.05, 3.63) is 40.2 Å². The Hall–Kier alpha value is -2.17. The molecule has 1 fully saturated rings. The third-order valence-corrected chi connectivity index (χ3v) is 3.76. The lowest BCUT2D eigenvalue weighted by molar-refractivity contribution is 0.0783. The number of hydrogen-bond acceptors (Lipinski definition) is 3. The highest BCUT2D eigenvalue weighted by Crippen LogP contribution is 2.13. The molecule has 0 saturated carbocycles. The molecule has 1 aromatic carbocycles. The number of para-hydroxylation sites is 1. The molecular weight excluding hydrogens is 254 g/mol. The Kier molecular flexibility index (Phi) is 3.26. The molecule has 0 N–H and O–H groups in total. The van der Waals surface area contributed by atoms with Gasteiger partial charge in [-0.25, -0.2) is 0 Å². The number of likely N-dealkylation sites (tertiary alicyclic amines) is 1. The van der Waals surface area contributed by atoms with E-state index >= 15 is 0 Å². The summed E-state index contributed by atoms with van der Waals surface area (Å²) in [5.74, 6) is -0.236. The second-order valence-electron chi connectivity index (χ2n) is 5.01. The fraction of sp³-hybridized carbons (Fsp3) is 0.400. The first-order valence-corrected chi connectivity index (χ1v) is 7.01. The van der Waals surface area contributed by atoms with E-state index in [-0.39, 0.29) is 17.0 Å². The van der Waals surface area contributed by atoms with Gasteiger partial charge in [-0.2, -0.15) is 5.10 Å². The maximum absolute atomic E-state index is 12.5. The molecular formula is C15H17N3O2. The summed E-state index contributed by atoms with van der Waals surface area (Å²) in [4.78, 5) is 26.6. The third kappa shape index (κ3) is 1.99. The van der Waals surface area contributed by atoms with Crippen molar-refractivity contribution in [1.29, 1.82) is 0 Å². The van der Waals surface area contributed by atoms with Crippen LogP contribution in [0.5, 0.6) is 0 Å². The average Bonchev–Trinajstić information content (AvgIpc) is 3.01. The van der Waals surface area contributed by atoms with Gasteiger partial charge in [-0.3, -0.25) is 14.3 Å². The average molecular weight is 271 g/mol. The number of fused-ring (bicyclic) bond motifs is 1. The molecule has 1 aliphatic rings. The van der Waals surface area contributed by atoms with Gasteiger partial charge >= 0.3 is 0 Å². The molecule has 2 heterocycles. The van der Waals surface area contributed by atoms with E-state index in [0.29, 0.717) is 11.9 Å². The smallest absolute Gasteiger partial charge is 0.278 e. The molecule has 0 spiro atoms. The number of carbonyl (C=O) groups excluding carboxylic acids is 1. The molecule has 1 saturated heterocycles. The minimum absolute atomic E-state index is 0.0486. The van der Waals surface area contributed by atoms with Gasteiger partial charge in [0.1, 0.15) is 0 Å². The maximum Gasteiger partial charge on any atom is 0.278 e. The summed E-state index contributed by atoms with van der Waals surface area (Å²) in [7, 11) is 0. The molecule has 20 heavy (non-hydrogen) atoms. The van der Waals surface area contributed by atoms with E-state index in [1.54, 1.807) is 15.6 Å². The first-order valence-electron chi connectivity index (χ1n) is 7.01. The fourth-order valence-electron chi connectivity index (χ4n) is 2.69. The molecule has 3 rings (SSSR count). The highest BCUT2D eigenvalue weighted by atomic mass is 16.2. The zero-order valence-electron chi connectivity index (χ0n) is 11.5. The van der Waals surface area contributed by atoms with Crippen LogP contribution in [-0.2, 0) is 6.54 Å². The molecule has 0 unspecified atom stereocenters. The first-order chi connectivity index (χ1) is 9.72. The Bertz CT molecular complexity index is 715. The predicted molar refractivity (Wildman–Crippen MR) is 76.8 cm³/mol. The van der Waals surface area contributed by atoms with Crippen LogP contribution in [0.25, 0.3) is 10.9 Å². The number of nitrogens with zero attached hydrogens (tertiary/aromatic N) is 3. The summed E-state index contributed by atoms with van der Waals surface area (Å²) in [6, 6.07) is 7.30. The topological polar surface area (TPSA) is 55.2 Å². The van der Waals surface area contributed by atoms with Crippen LogP contribution in [0.1, 0.15) is 30.3 Å². The molecule has 0 radical (unpaired) electrons. The van der Waals surface area contributed by atoms with Crippen LogP contribution >= 0.6 is 0 Å². The van der Waals surface area contributed by atoms with Crippen LogP contribution in [0, 0.1) is 0 Å². The Labute approximate surface area is 116 Å². The number of benzene rings is 1. The third-order valence-electron chi connectivity index (χ3n) is 3.76. The molecule has 5 nitrogen and oxygen atoms in total. The number of carbonyl (C=O) groups is 1. The molecule has 2 aromatic rings. The fourth-order valence-corrected chi connectivity index (χ4v) is 2.69. The van der Waals surface area contributed by atoms with Crippen LogP contribution < -0.4 is 5.43 Å². The van der Waals surface area contributed by atoms with Crippen molar-refractivity contribution < 1.29 is 4.79 Å². The monoisotopic (exact) mass is 271 g/mol. The lowest BCUT2D eigenvalue weighted by atomic mass is 10.2. The van der Waals surface area contributed by atoms with Gasteiger partial charge in [0, 0.05) is 25.0 Å². The normalized spacial score (nSPS) is 14.9. The Morgan fingerprint density at radius 1 is 1.25 bits per heavy atom. The number of rotatable bonds is 2. The predicted octanol–water partition coefficient (Wildman–Crippen LogP) is 1.65. The van der Waals surface area contributed by atoms with E-state index in [1.165, 1.54) is 0 Å². The van der Waals surface area contributed by atoms with Gasteiger partial charge in [0.15, 0.2) is 5.69 Å². The van der Waals surface area contributed by atoms with E-state index in [4.69, 9.17) is 0 Å². The SMILES string of the molecule is CCn1nc(C(=O)N2CCCC2)c(=O)c2ccccc21. The zero-order valence-corrected chi connectivity index (χ0v) is 11.5. The summed E-state index contributed by atoms with van der Waals surface area (Å²) in [6.45, 7) is 4.02. The molecule has 0 bridgehead atoms. The largest absolute Gasteiger partial charge is 0.337 e. The maximum atomic E-state index is 12.5. The highest BCUT2D eigenvalue weighted by molar-refractivity contribution is 5.95. The quantitative estimate of drug-likeness (QED) is 0.834. The summed E-state index contributed by atoms with van der Waals surface area (Å²) >= 11 is 0. The van der Waals surface area contributed by atoms with Gasteiger partial charge in [0.25, 0.3) is 5.91 Å². The van der Waals surface area contributed by atoms with E-state index < -0.39 is 0 Å². The summed E-state index contributed by atoms with van der Waals surface area (Å²) in [6.07, 6.45) is 2.00. The molecule has 1 amide bonds. The van der Waals surface area contributed by atoms with Gasteiger partial charge in [0.2, 0.25) is 5.43 Å². The molecule has 1 aromatic heterocycles. The lowest BCUT2D eigenvalue weighted by Gasteiger charge is -2.16. The summed E-state index contributed by atoms with van der Waals surface area (Å²) < 4.78 is 1.72. The first kappa shape index (κ1) is 12.8. The van der Waals surface area contributed by atoms with Crippen LogP contribution in [0.4, 0.5) is 0 Å². The zero-order chi connectivity index (χ0) is 14.1. The van der Waals surface area contributed by atoms with Crippen LogP contribution in [0.15, 0.2) is 29.1 Å². The van der Waals surface area contributed by atoms with E-state index in [2.05, 4.69) is 5.10 Å². The minimum Gasteiger partial charge on any atom is -0.337 e. The van der Waals surface area contributed by atoms with E-state index in [1.807, 2.05) is 25.1 Å². The van der Waals surface area contributed by atoms with Crippen molar-refractivity contribution in [2.75, 3.05) is 13.1 Å². The summed E-state index contributed by atoms with van der Waals surface area (Å²) in [5, 5.41) is 4.84. The van der Waals surface area contributed by atoms with Crippen LogP contribution in [-0.4, -0.2) is 33.7 Å². The summed E-state index contributed by atoms with van der Waals surface area (Å²) in [5.41, 5.74) is 0.563. The molecule has 0 atom stereocenters. The molecule has 0 aliphatic carbocycles. The van der Waals surface area contributed by atoms with Crippen LogP contribution in [0.2, 0.25) is 0 Å². The highest BCUT2D eigenvalue weighted by Gasteiger charge is 2.24. The Morgan fingerprint density at radius 3 is 2.65 bits per heavy atom. The number of aromatic nitrogens is 2. The molecule has 1 aliphatic heterocycles. The van der Waals surface area contributed by atoms with Gasteiger partial charge in [-0.1, -0.05) is 12.1 Å². The Balaban J connectivity index is 2.18.